The summed E-state index contributed by atoms with van der Waals surface area (Å²) in [6.45, 7) is 4.05. The van der Waals surface area contributed by atoms with Gasteiger partial charge in [0.2, 0.25) is 0 Å². The number of phenolic OH excluding ortho intramolecular Hbond substituents is 1. The lowest BCUT2D eigenvalue weighted by atomic mass is 9.94. The number of amides is 1. The fraction of sp³-hybridized carbons (Fsp3) is 0.241. The van der Waals surface area contributed by atoms with E-state index in [-0.39, 0.29) is 29.4 Å². The molecule has 0 spiro atoms. The summed E-state index contributed by atoms with van der Waals surface area (Å²) < 4.78 is 16.2. The number of ketones is 1. The third kappa shape index (κ3) is 4.95. The van der Waals surface area contributed by atoms with Crippen LogP contribution in [0.2, 0.25) is 0 Å². The average molecular weight is 504 g/mol. The first-order valence-electron chi connectivity index (χ1n) is 11.8. The fourth-order valence-corrected chi connectivity index (χ4v) is 4.44. The van der Waals surface area contributed by atoms with Crippen molar-refractivity contribution in [1.82, 2.24) is 4.90 Å². The van der Waals surface area contributed by atoms with Crippen molar-refractivity contribution in [2.45, 2.75) is 26.4 Å². The number of aryl methyl sites for hydroxylation is 1. The molecule has 4 rings (SSSR count). The summed E-state index contributed by atoms with van der Waals surface area (Å²) in [5.74, 6) is -0.739. The van der Waals surface area contributed by atoms with Crippen LogP contribution in [0.3, 0.4) is 0 Å². The number of phenols is 1. The Balaban J connectivity index is 1.90. The zero-order valence-electron chi connectivity index (χ0n) is 21.1. The van der Waals surface area contributed by atoms with Crippen molar-refractivity contribution in [3.05, 3.63) is 88.5 Å². The molecule has 2 N–H and O–H groups in total. The van der Waals surface area contributed by atoms with Gasteiger partial charge in [-0.1, -0.05) is 29.8 Å². The number of aliphatic hydroxyl groups is 1. The fourth-order valence-electron chi connectivity index (χ4n) is 4.44. The van der Waals surface area contributed by atoms with Gasteiger partial charge in [-0.3, -0.25) is 9.59 Å². The molecule has 1 atom stereocenters. The van der Waals surface area contributed by atoms with Crippen LogP contribution in [0.1, 0.15) is 35.2 Å². The normalized spacial score (nSPS) is 16.6. The molecule has 1 fully saturated rings. The Morgan fingerprint density at radius 2 is 1.68 bits per heavy atom. The molecular formula is C29H29NO7. The van der Waals surface area contributed by atoms with Crippen LogP contribution in [0.15, 0.2) is 66.2 Å². The van der Waals surface area contributed by atoms with Gasteiger partial charge >= 0.3 is 0 Å². The van der Waals surface area contributed by atoms with Gasteiger partial charge in [0, 0.05) is 6.54 Å². The standard InChI is InChI=1S/C29H29NO7/c1-5-37-24-15-19(9-12-22(24)31)26-25(27(32)21-14-17(2)6-13-23(21)36-4)28(33)29(34)30(26)16-18-7-10-20(35-3)11-8-18/h6-15,26,31-32H,5,16H2,1-4H3/b27-25+. The lowest BCUT2D eigenvalue weighted by Gasteiger charge is -2.26. The first-order chi connectivity index (χ1) is 17.8. The molecule has 0 bridgehead atoms. The van der Waals surface area contributed by atoms with Gasteiger partial charge in [-0.25, -0.2) is 0 Å². The second kappa shape index (κ2) is 10.7. The van der Waals surface area contributed by atoms with Crippen molar-refractivity contribution in [1.29, 1.82) is 0 Å². The van der Waals surface area contributed by atoms with Crippen LogP contribution in [-0.2, 0) is 16.1 Å². The minimum atomic E-state index is -0.938. The summed E-state index contributed by atoms with van der Waals surface area (Å²) in [7, 11) is 3.03. The first kappa shape index (κ1) is 25.6. The molecule has 1 saturated heterocycles. The number of aromatic hydroxyl groups is 1. The summed E-state index contributed by atoms with van der Waals surface area (Å²) in [6.07, 6.45) is 0. The molecule has 1 aliphatic heterocycles. The Morgan fingerprint density at radius 1 is 0.946 bits per heavy atom. The molecule has 1 amide bonds. The number of benzene rings is 3. The molecule has 1 heterocycles. The maximum Gasteiger partial charge on any atom is 0.295 e. The molecular weight excluding hydrogens is 474 g/mol. The molecule has 8 heteroatoms. The Bertz CT molecular complexity index is 1360. The number of carbonyl (C=O) groups excluding carboxylic acids is 2. The van der Waals surface area contributed by atoms with Crippen LogP contribution >= 0.6 is 0 Å². The van der Waals surface area contributed by atoms with E-state index in [1.807, 2.05) is 13.0 Å². The van der Waals surface area contributed by atoms with E-state index < -0.39 is 17.7 Å². The average Bonchev–Trinajstić information content (AvgIpc) is 3.15. The van der Waals surface area contributed by atoms with E-state index in [1.54, 1.807) is 62.6 Å². The SMILES string of the molecule is CCOc1cc(C2/C(=C(\O)c3cc(C)ccc3OC)C(=O)C(=O)N2Cc2ccc(OC)cc2)ccc1O. The highest BCUT2D eigenvalue weighted by atomic mass is 16.5. The quantitative estimate of drug-likeness (QED) is 0.260. The number of ether oxygens (including phenoxy) is 3. The van der Waals surface area contributed by atoms with Crippen molar-refractivity contribution >= 4 is 17.4 Å². The summed E-state index contributed by atoms with van der Waals surface area (Å²) in [4.78, 5) is 28.2. The van der Waals surface area contributed by atoms with Gasteiger partial charge in [-0.2, -0.15) is 0 Å². The Hall–Kier alpha value is -4.46. The number of rotatable bonds is 8. The highest BCUT2D eigenvalue weighted by Gasteiger charge is 2.46. The number of hydrogen-bond donors (Lipinski definition) is 2. The largest absolute Gasteiger partial charge is 0.507 e. The van der Waals surface area contributed by atoms with E-state index in [0.29, 0.717) is 29.2 Å². The summed E-state index contributed by atoms with van der Waals surface area (Å²) in [5, 5.41) is 21.7. The Kier molecular flexibility index (Phi) is 7.38. The summed E-state index contributed by atoms with van der Waals surface area (Å²) in [6, 6.07) is 16.1. The van der Waals surface area contributed by atoms with Crippen molar-refractivity contribution in [3.8, 4) is 23.0 Å². The van der Waals surface area contributed by atoms with Gasteiger partial charge in [-0.05, 0) is 61.4 Å². The minimum Gasteiger partial charge on any atom is -0.507 e. The second-order valence-electron chi connectivity index (χ2n) is 8.64. The first-order valence-corrected chi connectivity index (χ1v) is 11.8. The van der Waals surface area contributed by atoms with Crippen LogP contribution in [0.5, 0.6) is 23.0 Å². The number of methoxy groups -OCH3 is 2. The molecule has 0 radical (unpaired) electrons. The molecule has 3 aromatic rings. The molecule has 0 saturated carbocycles. The Labute approximate surface area is 215 Å². The number of carbonyl (C=O) groups is 2. The molecule has 192 valence electrons. The number of hydrogen-bond acceptors (Lipinski definition) is 7. The van der Waals surface area contributed by atoms with Crippen LogP contribution < -0.4 is 14.2 Å². The van der Waals surface area contributed by atoms with Gasteiger partial charge in [0.05, 0.1) is 38.0 Å². The van der Waals surface area contributed by atoms with Crippen molar-refractivity contribution in [3.63, 3.8) is 0 Å². The molecule has 0 aromatic heterocycles. The maximum atomic E-state index is 13.4. The minimum absolute atomic E-state index is 0.0712. The third-order valence-corrected chi connectivity index (χ3v) is 6.26. The van der Waals surface area contributed by atoms with Gasteiger partial charge in [0.1, 0.15) is 17.3 Å². The maximum absolute atomic E-state index is 13.4. The van der Waals surface area contributed by atoms with Crippen molar-refractivity contribution in [2.24, 2.45) is 0 Å². The number of Topliss-reactive ketones (excluding diaryl/α,β-unsaturated/α-hetero) is 1. The van der Waals surface area contributed by atoms with Crippen LogP contribution in [0, 0.1) is 6.92 Å². The number of aliphatic hydroxyl groups excluding tert-OH is 1. The predicted molar refractivity (Wildman–Crippen MR) is 138 cm³/mol. The lowest BCUT2D eigenvalue weighted by molar-refractivity contribution is -0.140. The number of nitrogens with zero attached hydrogens (tertiary/aromatic N) is 1. The van der Waals surface area contributed by atoms with Crippen molar-refractivity contribution in [2.75, 3.05) is 20.8 Å². The van der Waals surface area contributed by atoms with E-state index in [4.69, 9.17) is 14.2 Å². The smallest absolute Gasteiger partial charge is 0.295 e. The molecule has 0 aliphatic carbocycles. The zero-order chi connectivity index (χ0) is 26.7. The van der Waals surface area contributed by atoms with E-state index in [1.165, 1.54) is 18.1 Å². The van der Waals surface area contributed by atoms with E-state index in [2.05, 4.69) is 0 Å². The second-order valence-corrected chi connectivity index (χ2v) is 8.64. The molecule has 8 nitrogen and oxygen atoms in total. The number of likely N-dealkylation sites (tertiary alicyclic amines) is 1. The molecule has 1 unspecified atom stereocenters. The van der Waals surface area contributed by atoms with E-state index >= 15 is 0 Å². The van der Waals surface area contributed by atoms with Crippen molar-refractivity contribution < 1.29 is 34.0 Å². The van der Waals surface area contributed by atoms with Gasteiger partial charge in [0.15, 0.2) is 11.5 Å². The lowest BCUT2D eigenvalue weighted by Crippen LogP contribution is -2.29. The van der Waals surface area contributed by atoms with Gasteiger partial charge in [-0.15, -0.1) is 0 Å². The van der Waals surface area contributed by atoms with E-state index in [9.17, 15) is 19.8 Å². The van der Waals surface area contributed by atoms with Crippen LogP contribution in [0.25, 0.3) is 5.76 Å². The molecule has 37 heavy (non-hydrogen) atoms. The predicted octanol–water partition coefficient (Wildman–Crippen LogP) is 4.74. The zero-order valence-corrected chi connectivity index (χ0v) is 21.1. The molecule has 3 aromatic carbocycles. The third-order valence-electron chi connectivity index (χ3n) is 6.26. The monoisotopic (exact) mass is 503 g/mol. The van der Waals surface area contributed by atoms with Gasteiger partial charge < -0.3 is 29.3 Å². The van der Waals surface area contributed by atoms with Crippen LogP contribution in [0.4, 0.5) is 0 Å². The highest BCUT2D eigenvalue weighted by Crippen LogP contribution is 2.43. The summed E-state index contributed by atoms with van der Waals surface area (Å²) in [5.41, 5.74) is 2.34. The van der Waals surface area contributed by atoms with E-state index in [0.717, 1.165) is 11.1 Å². The molecule has 1 aliphatic rings. The van der Waals surface area contributed by atoms with Gasteiger partial charge in [0.25, 0.3) is 11.7 Å². The summed E-state index contributed by atoms with van der Waals surface area (Å²) >= 11 is 0. The topological polar surface area (TPSA) is 106 Å². The van der Waals surface area contributed by atoms with Crippen LogP contribution in [-0.4, -0.2) is 47.6 Å². The highest BCUT2D eigenvalue weighted by molar-refractivity contribution is 6.46. The Morgan fingerprint density at radius 3 is 2.32 bits per heavy atom.